The van der Waals surface area contributed by atoms with Crippen LogP contribution in [0, 0.1) is 20.8 Å². The van der Waals surface area contributed by atoms with E-state index in [9.17, 15) is 18.0 Å². The lowest BCUT2D eigenvalue weighted by Gasteiger charge is -2.13. The van der Waals surface area contributed by atoms with Crippen molar-refractivity contribution in [1.82, 2.24) is 9.97 Å². The highest BCUT2D eigenvalue weighted by atomic mass is 35.5. The summed E-state index contributed by atoms with van der Waals surface area (Å²) in [5.74, 6) is -0.0575. The number of nitrogens with zero attached hydrogens (tertiary/aromatic N) is 2. The fourth-order valence-electron chi connectivity index (χ4n) is 2.23. The van der Waals surface area contributed by atoms with E-state index >= 15 is 0 Å². The van der Waals surface area contributed by atoms with Gasteiger partial charge in [0.1, 0.15) is 5.82 Å². The summed E-state index contributed by atoms with van der Waals surface area (Å²) in [6.45, 7) is 4.97. The summed E-state index contributed by atoms with van der Waals surface area (Å²) in [5.41, 5.74) is 0.130. The van der Waals surface area contributed by atoms with Gasteiger partial charge in [-0.15, -0.1) is 0 Å². The van der Waals surface area contributed by atoms with E-state index in [1.165, 1.54) is 6.07 Å². The number of rotatable bonds is 2. The van der Waals surface area contributed by atoms with Gasteiger partial charge in [-0.3, -0.25) is 4.79 Å². The number of anilines is 1. The van der Waals surface area contributed by atoms with Gasteiger partial charge in [0, 0.05) is 5.69 Å². The molecule has 0 atom stereocenters. The minimum atomic E-state index is -4.60. The second kappa shape index (κ2) is 6.16. The van der Waals surface area contributed by atoms with Crippen molar-refractivity contribution in [1.29, 1.82) is 0 Å². The first kappa shape index (κ1) is 17.2. The van der Waals surface area contributed by atoms with Crippen LogP contribution in [-0.4, -0.2) is 15.9 Å². The highest BCUT2D eigenvalue weighted by Crippen LogP contribution is 2.36. The monoisotopic (exact) mass is 343 g/mol. The minimum Gasteiger partial charge on any atom is -0.322 e. The van der Waals surface area contributed by atoms with E-state index in [0.717, 1.165) is 12.1 Å². The second-order valence-corrected chi connectivity index (χ2v) is 5.37. The van der Waals surface area contributed by atoms with Crippen molar-refractivity contribution in [2.75, 3.05) is 5.32 Å². The first-order valence-electron chi connectivity index (χ1n) is 6.59. The van der Waals surface area contributed by atoms with Crippen LogP contribution >= 0.6 is 11.6 Å². The Bertz CT molecular complexity index is 752. The Labute approximate surface area is 135 Å². The number of benzene rings is 1. The Balaban J connectivity index is 2.35. The molecule has 0 aliphatic carbocycles. The zero-order valence-corrected chi connectivity index (χ0v) is 13.3. The molecule has 2 rings (SSSR count). The van der Waals surface area contributed by atoms with Crippen LogP contribution in [0.15, 0.2) is 18.2 Å². The number of carbonyl (C=O) groups excluding carboxylic acids is 1. The molecule has 1 aromatic carbocycles. The van der Waals surface area contributed by atoms with E-state index in [-0.39, 0.29) is 11.3 Å². The number of halogens is 4. The van der Waals surface area contributed by atoms with E-state index in [2.05, 4.69) is 15.3 Å². The first-order chi connectivity index (χ1) is 10.6. The third kappa shape index (κ3) is 3.79. The van der Waals surface area contributed by atoms with Gasteiger partial charge in [-0.1, -0.05) is 11.6 Å². The van der Waals surface area contributed by atoms with Crippen molar-refractivity contribution in [3.8, 4) is 0 Å². The quantitative estimate of drug-likeness (QED) is 0.883. The van der Waals surface area contributed by atoms with Gasteiger partial charge in [0.2, 0.25) is 0 Å². The van der Waals surface area contributed by atoms with Crippen molar-refractivity contribution >= 4 is 23.2 Å². The molecule has 0 aliphatic heterocycles. The molecule has 1 N–H and O–H groups in total. The Hall–Kier alpha value is -2.15. The molecule has 23 heavy (non-hydrogen) atoms. The normalized spacial score (nSPS) is 11.4. The molecule has 0 spiro atoms. The molecular weight excluding hydrogens is 331 g/mol. The number of aryl methyl sites for hydroxylation is 3. The molecule has 122 valence electrons. The molecule has 0 saturated carbocycles. The van der Waals surface area contributed by atoms with E-state index < -0.39 is 22.7 Å². The average Bonchev–Trinajstić information content (AvgIpc) is 2.38. The number of hydrogen-bond donors (Lipinski definition) is 1. The van der Waals surface area contributed by atoms with Crippen LogP contribution in [-0.2, 0) is 6.18 Å². The predicted octanol–water partition coefficient (Wildman–Crippen LogP) is 4.33. The standard InChI is InChI=1S/C15H13ClF3N3O/c1-7-13(8(2)21-9(3)20-7)14(23)22-10-4-5-12(16)11(6-10)15(17,18)19/h4-6H,1-3H3,(H,22,23). The third-order valence-electron chi connectivity index (χ3n) is 3.14. The van der Waals surface area contributed by atoms with Gasteiger partial charge >= 0.3 is 6.18 Å². The molecule has 1 amide bonds. The molecule has 1 heterocycles. The molecular formula is C15H13ClF3N3O. The van der Waals surface area contributed by atoms with Crippen LogP contribution in [0.3, 0.4) is 0 Å². The molecule has 1 aromatic heterocycles. The molecule has 0 saturated heterocycles. The average molecular weight is 344 g/mol. The van der Waals surface area contributed by atoms with Gasteiger partial charge in [-0.05, 0) is 39.0 Å². The van der Waals surface area contributed by atoms with Crippen molar-refractivity contribution in [3.63, 3.8) is 0 Å². The smallest absolute Gasteiger partial charge is 0.322 e. The largest absolute Gasteiger partial charge is 0.417 e. The SMILES string of the molecule is Cc1nc(C)c(C(=O)Nc2ccc(Cl)c(C(F)(F)F)c2)c(C)n1. The van der Waals surface area contributed by atoms with E-state index in [0.29, 0.717) is 17.2 Å². The molecule has 4 nitrogen and oxygen atoms in total. The number of nitrogens with one attached hydrogen (secondary N) is 1. The Kier molecular flexibility index (Phi) is 4.61. The summed E-state index contributed by atoms with van der Waals surface area (Å²) in [6, 6.07) is 3.18. The lowest BCUT2D eigenvalue weighted by molar-refractivity contribution is -0.137. The summed E-state index contributed by atoms with van der Waals surface area (Å²) in [6.07, 6.45) is -4.60. The number of carbonyl (C=O) groups is 1. The van der Waals surface area contributed by atoms with Crippen molar-refractivity contribution in [2.24, 2.45) is 0 Å². The minimum absolute atomic E-state index is 0.00824. The van der Waals surface area contributed by atoms with Crippen LogP contribution in [0.2, 0.25) is 5.02 Å². The van der Waals surface area contributed by atoms with Gasteiger partial charge in [-0.2, -0.15) is 13.2 Å². The summed E-state index contributed by atoms with van der Waals surface area (Å²) in [7, 11) is 0. The van der Waals surface area contributed by atoms with Crippen LogP contribution in [0.4, 0.5) is 18.9 Å². The molecule has 0 aliphatic rings. The van der Waals surface area contributed by atoms with E-state index in [4.69, 9.17) is 11.6 Å². The Morgan fingerprint density at radius 1 is 1.13 bits per heavy atom. The van der Waals surface area contributed by atoms with Gasteiger partial charge < -0.3 is 5.32 Å². The maximum Gasteiger partial charge on any atom is 0.417 e. The van der Waals surface area contributed by atoms with Crippen LogP contribution < -0.4 is 5.32 Å². The van der Waals surface area contributed by atoms with E-state index in [1.54, 1.807) is 20.8 Å². The number of amides is 1. The van der Waals surface area contributed by atoms with Gasteiger partial charge in [-0.25, -0.2) is 9.97 Å². The van der Waals surface area contributed by atoms with Crippen molar-refractivity contribution in [2.45, 2.75) is 26.9 Å². The zero-order valence-electron chi connectivity index (χ0n) is 12.5. The molecule has 0 fully saturated rings. The maximum atomic E-state index is 12.8. The number of alkyl halides is 3. The summed E-state index contributed by atoms with van der Waals surface area (Å²) < 4.78 is 38.5. The zero-order chi connectivity index (χ0) is 17.4. The summed E-state index contributed by atoms with van der Waals surface area (Å²) in [5, 5.41) is 1.99. The molecule has 0 bridgehead atoms. The fourth-order valence-corrected chi connectivity index (χ4v) is 2.45. The third-order valence-corrected chi connectivity index (χ3v) is 3.47. The molecule has 2 aromatic rings. The highest BCUT2D eigenvalue weighted by molar-refractivity contribution is 6.31. The second-order valence-electron chi connectivity index (χ2n) is 4.96. The fraction of sp³-hybridized carbons (Fsp3) is 0.267. The highest BCUT2D eigenvalue weighted by Gasteiger charge is 2.33. The topological polar surface area (TPSA) is 54.9 Å². The maximum absolute atomic E-state index is 12.8. The van der Waals surface area contributed by atoms with Gasteiger partial charge in [0.25, 0.3) is 5.91 Å². The number of aromatic nitrogens is 2. The molecule has 0 unspecified atom stereocenters. The van der Waals surface area contributed by atoms with Gasteiger partial charge in [0.15, 0.2) is 0 Å². The van der Waals surface area contributed by atoms with Crippen molar-refractivity contribution < 1.29 is 18.0 Å². The molecule has 0 radical (unpaired) electrons. The van der Waals surface area contributed by atoms with Crippen LogP contribution in [0.5, 0.6) is 0 Å². The summed E-state index contributed by atoms with van der Waals surface area (Å²) in [4.78, 5) is 20.5. The van der Waals surface area contributed by atoms with Crippen molar-refractivity contribution in [3.05, 3.63) is 51.6 Å². The number of hydrogen-bond acceptors (Lipinski definition) is 3. The lowest BCUT2D eigenvalue weighted by atomic mass is 10.1. The van der Waals surface area contributed by atoms with Crippen LogP contribution in [0.25, 0.3) is 0 Å². The Morgan fingerprint density at radius 3 is 2.22 bits per heavy atom. The van der Waals surface area contributed by atoms with E-state index in [1.807, 2.05) is 0 Å². The van der Waals surface area contributed by atoms with Gasteiger partial charge in [0.05, 0.1) is 27.5 Å². The summed E-state index contributed by atoms with van der Waals surface area (Å²) >= 11 is 5.55. The van der Waals surface area contributed by atoms with Crippen LogP contribution in [0.1, 0.15) is 33.1 Å². The predicted molar refractivity (Wildman–Crippen MR) is 80.7 cm³/mol. The lowest BCUT2D eigenvalue weighted by Crippen LogP contribution is -2.18. The molecule has 8 heteroatoms. The first-order valence-corrected chi connectivity index (χ1v) is 6.97. The Morgan fingerprint density at radius 2 is 1.70 bits per heavy atom.